The largest absolute Gasteiger partial charge is 0.396 e. The van der Waals surface area contributed by atoms with Crippen LogP contribution in [0.3, 0.4) is 0 Å². The predicted octanol–water partition coefficient (Wildman–Crippen LogP) is 2.56. The molecule has 0 heterocycles. The summed E-state index contributed by atoms with van der Waals surface area (Å²) in [5.41, 5.74) is 0. The van der Waals surface area contributed by atoms with Crippen LogP contribution in [-0.2, 0) is 0 Å². The molecule has 0 aromatic heterocycles. The lowest BCUT2D eigenvalue weighted by Crippen LogP contribution is -2.33. The van der Waals surface area contributed by atoms with Gasteiger partial charge in [0.05, 0.1) is 0 Å². The van der Waals surface area contributed by atoms with E-state index in [9.17, 15) is 0 Å². The maximum absolute atomic E-state index is 8.81. The molecule has 1 rings (SSSR count). The molecule has 0 aliphatic heterocycles. The van der Waals surface area contributed by atoms with Gasteiger partial charge in [-0.25, -0.2) is 0 Å². The third-order valence-corrected chi connectivity index (χ3v) is 3.79. The molecule has 0 aromatic carbocycles. The van der Waals surface area contributed by atoms with Crippen LogP contribution in [0.5, 0.6) is 0 Å². The molecule has 1 fully saturated rings. The summed E-state index contributed by atoms with van der Waals surface area (Å²) >= 11 is 0. The van der Waals surface area contributed by atoms with Crippen LogP contribution < -0.4 is 5.32 Å². The Hall–Kier alpha value is -0.0800. The van der Waals surface area contributed by atoms with Gasteiger partial charge >= 0.3 is 0 Å². The number of aliphatic hydroxyl groups is 1. The topological polar surface area (TPSA) is 32.3 Å². The summed E-state index contributed by atoms with van der Waals surface area (Å²) in [4.78, 5) is 0. The highest BCUT2D eigenvalue weighted by molar-refractivity contribution is 4.75. The van der Waals surface area contributed by atoms with E-state index in [-0.39, 0.29) is 0 Å². The molecular formula is C13H27NO. The Morgan fingerprint density at radius 2 is 2.07 bits per heavy atom. The van der Waals surface area contributed by atoms with Gasteiger partial charge in [0, 0.05) is 12.6 Å². The van der Waals surface area contributed by atoms with Crippen molar-refractivity contribution < 1.29 is 5.11 Å². The van der Waals surface area contributed by atoms with Gasteiger partial charge in [-0.1, -0.05) is 26.2 Å². The van der Waals surface area contributed by atoms with Crippen LogP contribution in [0.25, 0.3) is 0 Å². The maximum Gasteiger partial charge on any atom is 0.0445 e. The number of nitrogens with one attached hydrogen (secondary N) is 1. The van der Waals surface area contributed by atoms with E-state index in [2.05, 4.69) is 19.2 Å². The van der Waals surface area contributed by atoms with Gasteiger partial charge in [-0.2, -0.15) is 0 Å². The average molecular weight is 213 g/mol. The van der Waals surface area contributed by atoms with E-state index < -0.39 is 0 Å². The summed E-state index contributed by atoms with van der Waals surface area (Å²) in [5.74, 6) is 1.85. The van der Waals surface area contributed by atoms with Crippen molar-refractivity contribution in [2.45, 2.75) is 58.4 Å². The minimum Gasteiger partial charge on any atom is -0.396 e. The summed E-state index contributed by atoms with van der Waals surface area (Å²) in [5, 5.41) is 12.4. The molecule has 0 aromatic rings. The first-order valence-corrected chi connectivity index (χ1v) is 6.60. The van der Waals surface area contributed by atoms with Crippen LogP contribution >= 0.6 is 0 Å². The lowest BCUT2D eigenvalue weighted by atomic mass is 9.80. The van der Waals surface area contributed by atoms with Crippen molar-refractivity contribution in [1.29, 1.82) is 0 Å². The summed E-state index contributed by atoms with van der Waals surface area (Å²) in [6.07, 6.45) is 7.90. The Kier molecular flexibility index (Phi) is 6.26. The highest BCUT2D eigenvalue weighted by Crippen LogP contribution is 2.30. The van der Waals surface area contributed by atoms with Crippen LogP contribution in [0.1, 0.15) is 52.4 Å². The van der Waals surface area contributed by atoms with Crippen molar-refractivity contribution in [3.8, 4) is 0 Å². The van der Waals surface area contributed by atoms with E-state index >= 15 is 0 Å². The van der Waals surface area contributed by atoms with Gasteiger partial charge in [0.25, 0.3) is 0 Å². The molecule has 0 radical (unpaired) electrons. The molecule has 3 unspecified atom stereocenters. The molecule has 15 heavy (non-hydrogen) atoms. The fraction of sp³-hybridized carbons (Fsp3) is 1.00. The second-order valence-corrected chi connectivity index (χ2v) is 5.13. The molecule has 2 nitrogen and oxygen atoms in total. The molecular weight excluding hydrogens is 186 g/mol. The van der Waals surface area contributed by atoms with E-state index in [1.165, 1.54) is 32.1 Å². The van der Waals surface area contributed by atoms with Gasteiger partial charge in [-0.3, -0.25) is 0 Å². The second kappa shape index (κ2) is 7.24. The molecule has 3 atom stereocenters. The van der Waals surface area contributed by atoms with Crippen molar-refractivity contribution >= 4 is 0 Å². The van der Waals surface area contributed by atoms with Crippen molar-refractivity contribution in [3.63, 3.8) is 0 Å². The van der Waals surface area contributed by atoms with Crippen LogP contribution in [-0.4, -0.2) is 24.3 Å². The van der Waals surface area contributed by atoms with E-state index in [0.717, 1.165) is 24.8 Å². The van der Waals surface area contributed by atoms with Gasteiger partial charge in [0.15, 0.2) is 0 Å². The lowest BCUT2D eigenvalue weighted by Gasteiger charge is -2.29. The predicted molar refractivity (Wildman–Crippen MR) is 64.9 cm³/mol. The smallest absolute Gasteiger partial charge is 0.0445 e. The van der Waals surface area contributed by atoms with E-state index in [1.807, 2.05) is 0 Å². The highest BCUT2D eigenvalue weighted by Gasteiger charge is 2.20. The van der Waals surface area contributed by atoms with Crippen molar-refractivity contribution in [1.82, 2.24) is 5.32 Å². The Balaban J connectivity index is 2.14. The zero-order valence-corrected chi connectivity index (χ0v) is 10.3. The molecule has 1 saturated carbocycles. The van der Waals surface area contributed by atoms with Gasteiger partial charge < -0.3 is 10.4 Å². The quantitative estimate of drug-likeness (QED) is 0.711. The standard InChI is InChI=1S/C13H27NO/c1-3-12-5-4-6-13(9-12)10-14-11(2)7-8-15/h11-15H,3-10H2,1-2H3. The molecule has 0 bridgehead atoms. The Bertz CT molecular complexity index is 161. The first kappa shape index (κ1) is 13.0. The summed E-state index contributed by atoms with van der Waals surface area (Å²) in [6, 6.07) is 0.469. The first-order valence-electron chi connectivity index (χ1n) is 6.60. The van der Waals surface area contributed by atoms with Gasteiger partial charge in [0.1, 0.15) is 0 Å². The summed E-state index contributed by atoms with van der Waals surface area (Å²) in [6.45, 7) is 5.93. The molecule has 0 amide bonds. The highest BCUT2D eigenvalue weighted by atomic mass is 16.3. The monoisotopic (exact) mass is 213 g/mol. The normalized spacial score (nSPS) is 29.0. The number of aliphatic hydroxyl groups excluding tert-OH is 1. The molecule has 0 spiro atoms. The Labute approximate surface area is 94.5 Å². The Morgan fingerprint density at radius 1 is 1.33 bits per heavy atom. The molecule has 0 saturated heterocycles. The zero-order chi connectivity index (χ0) is 11.1. The van der Waals surface area contributed by atoms with Crippen LogP contribution in [0.2, 0.25) is 0 Å². The third kappa shape index (κ3) is 4.98. The minimum atomic E-state index is 0.302. The van der Waals surface area contributed by atoms with Crippen LogP contribution in [0.15, 0.2) is 0 Å². The minimum absolute atomic E-state index is 0.302. The summed E-state index contributed by atoms with van der Waals surface area (Å²) in [7, 11) is 0. The van der Waals surface area contributed by atoms with E-state index in [4.69, 9.17) is 5.11 Å². The molecule has 2 N–H and O–H groups in total. The van der Waals surface area contributed by atoms with Gasteiger partial charge in [0.2, 0.25) is 0 Å². The zero-order valence-electron chi connectivity index (χ0n) is 10.3. The maximum atomic E-state index is 8.81. The molecule has 1 aliphatic carbocycles. The fourth-order valence-electron chi connectivity index (χ4n) is 2.62. The lowest BCUT2D eigenvalue weighted by molar-refractivity contribution is 0.235. The Morgan fingerprint density at radius 3 is 2.73 bits per heavy atom. The second-order valence-electron chi connectivity index (χ2n) is 5.13. The average Bonchev–Trinajstić information content (AvgIpc) is 2.27. The molecule has 1 aliphatic rings. The van der Waals surface area contributed by atoms with E-state index in [1.54, 1.807) is 0 Å². The van der Waals surface area contributed by atoms with Crippen molar-refractivity contribution in [2.24, 2.45) is 11.8 Å². The number of hydrogen-bond acceptors (Lipinski definition) is 2. The van der Waals surface area contributed by atoms with E-state index in [0.29, 0.717) is 12.6 Å². The van der Waals surface area contributed by atoms with Crippen molar-refractivity contribution in [3.05, 3.63) is 0 Å². The van der Waals surface area contributed by atoms with Crippen LogP contribution in [0, 0.1) is 11.8 Å². The number of rotatable bonds is 6. The molecule has 90 valence electrons. The first-order chi connectivity index (χ1) is 7.26. The van der Waals surface area contributed by atoms with Gasteiger partial charge in [-0.15, -0.1) is 0 Å². The fourth-order valence-corrected chi connectivity index (χ4v) is 2.62. The van der Waals surface area contributed by atoms with Crippen molar-refractivity contribution in [2.75, 3.05) is 13.2 Å². The van der Waals surface area contributed by atoms with Gasteiger partial charge in [-0.05, 0) is 44.6 Å². The number of hydrogen-bond donors (Lipinski definition) is 2. The summed E-state index contributed by atoms with van der Waals surface area (Å²) < 4.78 is 0. The SMILES string of the molecule is CCC1CCCC(CNC(C)CCO)C1. The molecule has 2 heteroatoms. The van der Waals surface area contributed by atoms with Crippen LogP contribution in [0.4, 0.5) is 0 Å². The third-order valence-electron chi connectivity index (χ3n) is 3.79.